The van der Waals surface area contributed by atoms with Gasteiger partial charge in [-0.3, -0.25) is 14.4 Å². The van der Waals surface area contributed by atoms with Crippen molar-refractivity contribution in [2.24, 2.45) is 0 Å². The number of hydrogen-bond acceptors (Lipinski definition) is 5. The number of rotatable bonds is 0. The summed E-state index contributed by atoms with van der Waals surface area (Å²) in [6.45, 7) is 1.33. The third-order valence-corrected chi connectivity index (χ3v) is 4.33. The zero-order valence-corrected chi connectivity index (χ0v) is 11.9. The van der Waals surface area contributed by atoms with E-state index in [9.17, 15) is 14.4 Å². The number of nitrogens with zero attached hydrogens (tertiary/aromatic N) is 1. The molecule has 0 unspecified atom stereocenters. The monoisotopic (exact) mass is 304 g/mol. The fraction of sp³-hybridized carbons (Fsp3) is 0.0769. The first-order chi connectivity index (χ1) is 9.50. The van der Waals surface area contributed by atoms with Crippen LogP contribution in [0.2, 0.25) is 0 Å². The van der Waals surface area contributed by atoms with Gasteiger partial charge in [-0.25, -0.2) is 4.90 Å². The SMILES string of the molecule is CC(=O)N1C(=O)C(=C2SC(=O)NC2=S)c2ccccc21. The molecule has 2 heterocycles. The molecule has 0 bridgehead atoms. The normalized spacial score (nSPS) is 21.2. The lowest BCUT2D eigenvalue weighted by Gasteiger charge is -2.11. The Balaban J connectivity index is 2.26. The predicted octanol–water partition coefficient (Wildman–Crippen LogP) is 2.07. The first kappa shape index (κ1) is 13.0. The molecule has 1 aromatic rings. The van der Waals surface area contributed by atoms with Crippen LogP contribution in [-0.2, 0) is 9.59 Å². The van der Waals surface area contributed by atoms with Gasteiger partial charge in [0.1, 0.15) is 4.99 Å². The second-order valence-corrected chi connectivity index (χ2v) is 5.62. The first-order valence-corrected chi connectivity index (χ1v) is 6.95. The number of amides is 3. The van der Waals surface area contributed by atoms with Gasteiger partial charge in [0.2, 0.25) is 5.91 Å². The molecule has 0 aromatic heterocycles. The average molecular weight is 304 g/mol. The maximum absolute atomic E-state index is 12.5. The molecule has 20 heavy (non-hydrogen) atoms. The average Bonchev–Trinajstić information content (AvgIpc) is 2.85. The lowest BCUT2D eigenvalue weighted by Crippen LogP contribution is -2.31. The summed E-state index contributed by atoms with van der Waals surface area (Å²) in [4.78, 5) is 37.3. The van der Waals surface area contributed by atoms with Gasteiger partial charge in [0.05, 0.1) is 16.2 Å². The number of thioether (sulfide) groups is 1. The van der Waals surface area contributed by atoms with E-state index < -0.39 is 5.91 Å². The summed E-state index contributed by atoms with van der Waals surface area (Å²) in [6.07, 6.45) is 0. The smallest absolute Gasteiger partial charge is 0.289 e. The largest absolute Gasteiger partial charge is 0.306 e. The van der Waals surface area contributed by atoms with Crippen LogP contribution in [0.15, 0.2) is 29.2 Å². The van der Waals surface area contributed by atoms with E-state index in [2.05, 4.69) is 5.32 Å². The fourth-order valence-corrected chi connectivity index (χ4v) is 3.39. The van der Waals surface area contributed by atoms with Crippen molar-refractivity contribution in [2.75, 3.05) is 4.90 Å². The number of nitrogens with one attached hydrogen (secondary N) is 1. The number of carbonyl (C=O) groups is 3. The van der Waals surface area contributed by atoms with Gasteiger partial charge in [0, 0.05) is 12.5 Å². The van der Waals surface area contributed by atoms with Crippen molar-refractivity contribution in [3.63, 3.8) is 0 Å². The number of fused-ring (bicyclic) bond motifs is 1. The summed E-state index contributed by atoms with van der Waals surface area (Å²) in [5.74, 6) is -0.814. The molecule has 0 atom stereocenters. The minimum atomic E-state index is -0.444. The van der Waals surface area contributed by atoms with Gasteiger partial charge < -0.3 is 5.32 Å². The number of para-hydroxylation sites is 1. The second-order valence-electron chi connectivity index (χ2n) is 4.22. The maximum Gasteiger partial charge on any atom is 0.289 e. The number of anilines is 1. The molecule has 1 N–H and O–H groups in total. The minimum Gasteiger partial charge on any atom is -0.306 e. The van der Waals surface area contributed by atoms with Crippen LogP contribution in [0, 0.1) is 0 Å². The molecule has 2 aliphatic heterocycles. The standard InChI is InChI=1S/C13H8N2O3S2/c1-6(16)15-8-5-3-2-4-7(8)9(12(15)17)10-11(19)14-13(18)20-10/h2-5H,1H3,(H,14,18,19). The van der Waals surface area contributed by atoms with E-state index in [0.717, 1.165) is 16.7 Å². The fourth-order valence-electron chi connectivity index (χ4n) is 2.23. The quantitative estimate of drug-likeness (QED) is 0.587. The Morgan fingerprint density at radius 1 is 1.30 bits per heavy atom. The van der Waals surface area contributed by atoms with E-state index >= 15 is 0 Å². The summed E-state index contributed by atoms with van der Waals surface area (Å²) in [5, 5.41) is 2.17. The lowest BCUT2D eigenvalue weighted by molar-refractivity contribution is -0.122. The summed E-state index contributed by atoms with van der Waals surface area (Å²) in [7, 11) is 0. The summed E-state index contributed by atoms with van der Waals surface area (Å²) < 4.78 is 0. The molecule has 0 spiro atoms. The van der Waals surface area contributed by atoms with E-state index in [1.807, 2.05) is 0 Å². The molecule has 2 aliphatic rings. The molecule has 5 nitrogen and oxygen atoms in total. The number of carbonyl (C=O) groups excluding carboxylic acids is 3. The number of benzene rings is 1. The third-order valence-electron chi connectivity index (χ3n) is 2.99. The molecule has 0 aliphatic carbocycles. The Morgan fingerprint density at radius 3 is 2.60 bits per heavy atom. The summed E-state index contributed by atoms with van der Waals surface area (Å²) >= 11 is 5.96. The number of imide groups is 1. The van der Waals surface area contributed by atoms with Gasteiger partial charge in [-0.2, -0.15) is 0 Å². The molecule has 1 saturated heterocycles. The molecule has 100 valence electrons. The van der Waals surface area contributed by atoms with Gasteiger partial charge in [-0.15, -0.1) is 0 Å². The predicted molar refractivity (Wildman–Crippen MR) is 80.2 cm³/mol. The van der Waals surface area contributed by atoms with Crippen molar-refractivity contribution in [3.8, 4) is 0 Å². The van der Waals surface area contributed by atoms with Crippen molar-refractivity contribution in [2.45, 2.75) is 6.92 Å². The van der Waals surface area contributed by atoms with Crippen LogP contribution < -0.4 is 10.2 Å². The van der Waals surface area contributed by atoms with Crippen LogP contribution in [0.1, 0.15) is 12.5 Å². The minimum absolute atomic E-state index is 0.226. The lowest BCUT2D eigenvalue weighted by atomic mass is 10.1. The molecule has 1 fully saturated rings. The van der Waals surface area contributed by atoms with E-state index in [0.29, 0.717) is 21.7 Å². The van der Waals surface area contributed by atoms with Crippen LogP contribution in [0.3, 0.4) is 0 Å². The van der Waals surface area contributed by atoms with Crippen LogP contribution in [0.5, 0.6) is 0 Å². The van der Waals surface area contributed by atoms with E-state index in [1.165, 1.54) is 6.92 Å². The maximum atomic E-state index is 12.5. The van der Waals surface area contributed by atoms with Gasteiger partial charge in [0.15, 0.2) is 0 Å². The van der Waals surface area contributed by atoms with Gasteiger partial charge in [-0.05, 0) is 17.8 Å². The van der Waals surface area contributed by atoms with Crippen LogP contribution in [0.25, 0.3) is 5.57 Å². The Bertz CT molecular complexity index is 724. The van der Waals surface area contributed by atoms with E-state index in [-0.39, 0.29) is 16.1 Å². The van der Waals surface area contributed by atoms with E-state index in [4.69, 9.17) is 12.2 Å². The Labute approximate surface area is 124 Å². The number of thiocarbonyl (C=S) groups is 1. The molecule has 3 rings (SSSR count). The molecule has 0 radical (unpaired) electrons. The zero-order chi connectivity index (χ0) is 14.4. The van der Waals surface area contributed by atoms with Crippen LogP contribution in [0.4, 0.5) is 10.5 Å². The van der Waals surface area contributed by atoms with Crippen LogP contribution in [-0.4, -0.2) is 22.0 Å². The molecule has 7 heteroatoms. The Hall–Kier alpha value is -1.99. The van der Waals surface area contributed by atoms with Gasteiger partial charge in [-0.1, -0.05) is 30.4 Å². The van der Waals surface area contributed by atoms with Crippen molar-refractivity contribution >= 4 is 57.3 Å². The highest BCUT2D eigenvalue weighted by Crippen LogP contribution is 2.42. The van der Waals surface area contributed by atoms with Crippen molar-refractivity contribution in [3.05, 3.63) is 34.7 Å². The van der Waals surface area contributed by atoms with Crippen molar-refractivity contribution in [1.82, 2.24) is 5.32 Å². The second kappa shape index (κ2) is 4.53. The van der Waals surface area contributed by atoms with Crippen molar-refractivity contribution < 1.29 is 14.4 Å². The zero-order valence-electron chi connectivity index (χ0n) is 10.3. The summed E-state index contributed by atoms with van der Waals surface area (Å²) in [5.41, 5.74) is 1.45. The molecule has 3 amide bonds. The Kier molecular flexibility index (Phi) is 2.95. The topological polar surface area (TPSA) is 66.5 Å². The third kappa shape index (κ3) is 1.78. The summed E-state index contributed by atoms with van der Waals surface area (Å²) in [6, 6.07) is 6.96. The molecule has 0 saturated carbocycles. The van der Waals surface area contributed by atoms with Crippen LogP contribution >= 0.6 is 24.0 Å². The molecular weight excluding hydrogens is 296 g/mol. The highest BCUT2D eigenvalue weighted by atomic mass is 32.2. The highest BCUT2D eigenvalue weighted by Gasteiger charge is 2.39. The van der Waals surface area contributed by atoms with Crippen molar-refractivity contribution in [1.29, 1.82) is 0 Å². The first-order valence-electron chi connectivity index (χ1n) is 5.72. The van der Waals surface area contributed by atoms with Gasteiger partial charge in [0.25, 0.3) is 11.1 Å². The van der Waals surface area contributed by atoms with Gasteiger partial charge >= 0.3 is 0 Å². The molecular formula is C13H8N2O3S2. The highest BCUT2D eigenvalue weighted by molar-refractivity contribution is 8.19. The Morgan fingerprint density at radius 2 is 2.00 bits per heavy atom. The molecule has 1 aromatic carbocycles. The number of hydrogen-bond donors (Lipinski definition) is 1. The van der Waals surface area contributed by atoms with E-state index in [1.54, 1.807) is 24.3 Å².